The lowest BCUT2D eigenvalue weighted by Gasteiger charge is -2.09. The predicted octanol–water partition coefficient (Wildman–Crippen LogP) is 4.19. The molecule has 0 saturated carbocycles. The Hall–Kier alpha value is -3.42. The summed E-state index contributed by atoms with van der Waals surface area (Å²) in [6.07, 6.45) is 0. The number of non-ortho nitro benzene ring substituents is 1. The average molecular weight is 358 g/mol. The van der Waals surface area contributed by atoms with Gasteiger partial charge in [0.1, 0.15) is 5.75 Å². The van der Waals surface area contributed by atoms with Crippen LogP contribution in [0.5, 0.6) is 11.5 Å². The minimum absolute atomic E-state index is 0.122. The van der Waals surface area contributed by atoms with Crippen LogP contribution in [0.1, 0.15) is 17.4 Å². The van der Waals surface area contributed by atoms with Crippen LogP contribution >= 0.6 is 0 Å². The van der Waals surface area contributed by atoms with E-state index in [1.807, 2.05) is 0 Å². The SMILES string of the molecule is CCOC(=O)c1c(F)c2cccc(Oc3cccc([N+](=O)[O-])c3)c2n1C. The van der Waals surface area contributed by atoms with Crippen molar-refractivity contribution < 1.29 is 23.6 Å². The third-order valence-corrected chi connectivity index (χ3v) is 3.84. The van der Waals surface area contributed by atoms with Gasteiger partial charge in [0, 0.05) is 18.5 Å². The molecule has 1 heterocycles. The van der Waals surface area contributed by atoms with Gasteiger partial charge in [0.25, 0.3) is 5.69 Å². The number of fused-ring (bicyclic) bond motifs is 1. The number of ether oxygens (including phenoxy) is 2. The number of esters is 1. The van der Waals surface area contributed by atoms with E-state index in [9.17, 15) is 19.3 Å². The molecule has 0 fully saturated rings. The zero-order valence-corrected chi connectivity index (χ0v) is 14.1. The number of carbonyl (C=O) groups excluding carboxylic acids is 1. The highest BCUT2D eigenvalue weighted by atomic mass is 19.1. The lowest BCUT2D eigenvalue weighted by atomic mass is 10.2. The van der Waals surface area contributed by atoms with Gasteiger partial charge in [0.05, 0.1) is 23.1 Å². The van der Waals surface area contributed by atoms with E-state index in [1.54, 1.807) is 25.1 Å². The van der Waals surface area contributed by atoms with E-state index in [2.05, 4.69) is 0 Å². The van der Waals surface area contributed by atoms with Gasteiger partial charge >= 0.3 is 5.97 Å². The van der Waals surface area contributed by atoms with Crippen molar-refractivity contribution in [2.24, 2.45) is 7.05 Å². The largest absolute Gasteiger partial charge is 0.461 e. The molecule has 0 aliphatic heterocycles. The standard InChI is InChI=1S/C18H15FN2O5/c1-3-25-18(22)17-15(19)13-8-5-9-14(16(13)20(17)2)26-12-7-4-6-11(10-12)21(23)24/h4-10H,3H2,1-2H3. The number of hydrogen-bond acceptors (Lipinski definition) is 5. The number of rotatable bonds is 5. The summed E-state index contributed by atoms with van der Waals surface area (Å²) in [5.41, 5.74) is 0.0106. The van der Waals surface area contributed by atoms with Gasteiger partial charge < -0.3 is 14.0 Å². The number of benzene rings is 2. The van der Waals surface area contributed by atoms with Gasteiger partial charge in [-0.05, 0) is 25.1 Å². The third kappa shape index (κ3) is 2.97. The molecule has 0 aliphatic rings. The van der Waals surface area contributed by atoms with Crippen LogP contribution in [0.15, 0.2) is 42.5 Å². The van der Waals surface area contributed by atoms with Crippen molar-refractivity contribution >= 4 is 22.6 Å². The topological polar surface area (TPSA) is 83.6 Å². The van der Waals surface area contributed by atoms with Crippen LogP contribution in [0, 0.1) is 15.9 Å². The molecule has 26 heavy (non-hydrogen) atoms. The summed E-state index contributed by atoms with van der Waals surface area (Å²) < 4.78 is 26.7. The number of nitrogens with zero attached hydrogens (tertiary/aromatic N) is 2. The minimum atomic E-state index is -0.773. The van der Waals surface area contributed by atoms with Gasteiger partial charge in [0.15, 0.2) is 17.3 Å². The van der Waals surface area contributed by atoms with E-state index in [4.69, 9.17) is 9.47 Å². The molecular weight excluding hydrogens is 343 g/mol. The van der Waals surface area contributed by atoms with Crippen LogP contribution in [0.2, 0.25) is 0 Å². The van der Waals surface area contributed by atoms with Gasteiger partial charge in [-0.25, -0.2) is 9.18 Å². The molecule has 7 nitrogen and oxygen atoms in total. The molecular formula is C18H15FN2O5. The second-order valence-electron chi connectivity index (χ2n) is 5.45. The smallest absolute Gasteiger partial charge is 0.358 e. The van der Waals surface area contributed by atoms with Gasteiger partial charge in [-0.1, -0.05) is 12.1 Å². The zero-order valence-electron chi connectivity index (χ0n) is 14.1. The van der Waals surface area contributed by atoms with E-state index < -0.39 is 16.7 Å². The fourth-order valence-electron chi connectivity index (χ4n) is 2.73. The number of aryl methyl sites for hydroxylation is 1. The van der Waals surface area contributed by atoms with Gasteiger partial charge in [-0.3, -0.25) is 10.1 Å². The van der Waals surface area contributed by atoms with Crippen molar-refractivity contribution in [3.63, 3.8) is 0 Å². The number of carbonyl (C=O) groups is 1. The second-order valence-corrected chi connectivity index (χ2v) is 5.45. The summed E-state index contributed by atoms with van der Waals surface area (Å²) in [5.74, 6) is -0.985. The van der Waals surface area contributed by atoms with Crippen LogP contribution in [-0.4, -0.2) is 22.1 Å². The van der Waals surface area contributed by atoms with Gasteiger partial charge in [-0.15, -0.1) is 0 Å². The summed E-state index contributed by atoms with van der Waals surface area (Å²) in [4.78, 5) is 22.4. The maximum atomic E-state index is 14.7. The molecule has 1 aromatic heterocycles. The Labute approximate surface area is 147 Å². The summed E-state index contributed by atoms with van der Waals surface area (Å²) in [6, 6.07) is 10.3. The maximum Gasteiger partial charge on any atom is 0.358 e. The molecule has 8 heteroatoms. The average Bonchev–Trinajstić information content (AvgIpc) is 2.87. The number of hydrogen-bond donors (Lipinski definition) is 0. The van der Waals surface area contributed by atoms with Crippen molar-refractivity contribution in [3.8, 4) is 11.5 Å². The predicted molar refractivity (Wildman–Crippen MR) is 92.0 cm³/mol. The lowest BCUT2D eigenvalue weighted by molar-refractivity contribution is -0.384. The first kappa shape index (κ1) is 17.4. The molecule has 0 bridgehead atoms. The Morgan fingerprint density at radius 2 is 2.00 bits per heavy atom. The van der Waals surface area contributed by atoms with Crippen molar-refractivity contribution in [1.82, 2.24) is 4.57 Å². The van der Waals surface area contributed by atoms with Gasteiger partial charge in [0.2, 0.25) is 0 Å². The first-order valence-corrected chi connectivity index (χ1v) is 7.80. The van der Waals surface area contributed by atoms with Crippen LogP contribution < -0.4 is 4.74 Å². The van der Waals surface area contributed by atoms with E-state index in [0.29, 0.717) is 5.52 Å². The highest BCUT2D eigenvalue weighted by Gasteiger charge is 2.24. The van der Waals surface area contributed by atoms with E-state index >= 15 is 0 Å². The highest BCUT2D eigenvalue weighted by Crippen LogP contribution is 2.35. The normalized spacial score (nSPS) is 10.7. The molecule has 134 valence electrons. The van der Waals surface area contributed by atoms with E-state index in [0.717, 1.165) is 0 Å². The van der Waals surface area contributed by atoms with Crippen molar-refractivity contribution in [1.29, 1.82) is 0 Å². The molecule has 3 rings (SSSR count). The fourth-order valence-corrected chi connectivity index (χ4v) is 2.73. The Bertz CT molecular complexity index is 1010. The van der Waals surface area contributed by atoms with Crippen molar-refractivity contribution in [2.45, 2.75) is 6.92 Å². The first-order valence-electron chi connectivity index (χ1n) is 7.80. The summed E-state index contributed by atoms with van der Waals surface area (Å²) >= 11 is 0. The molecule has 0 N–H and O–H groups in total. The van der Waals surface area contributed by atoms with E-state index in [1.165, 1.54) is 35.9 Å². The molecule has 2 aromatic carbocycles. The molecule has 0 atom stereocenters. The molecule has 0 radical (unpaired) electrons. The van der Waals surface area contributed by atoms with Crippen LogP contribution in [0.3, 0.4) is 0 Å². The molecule has 0 aliphatic carbocycles. The maximum absolute atomic E-state index is 14.7. The molecule has 0 amide bonds. The van der Waals surface area contributed by atoms with Crippen molar-refractivity contribution in [3.05, 3.63) is 64.1 Å². The molecule has 3 aromatic rings. The quantitative estimate of drug-likeness (QED) is 0.388. The number of nitro benzene ring substituents is 1. The van der Waals surface area contributed by atoms with Gasteiger partial charge in [-0.2, -0.15) is 0 Å². The summed E-state index contributed by atoms with van der Waals surface area (Å²) in [6.45, 7) is 1.76. The summed E-state index contributed by atoms with van der Waals surface area (Å²) in [5, 5.41) is 11.1. The van der Waals surface area contributed by atoms with Crippen LogP contribution in [0.25, 0.3) is 10.9 Å². The Morgan fingerprint density at radius 1 is 1.27 bits per heavy atom. The third-order valence-electron chi connectivity index (χ3n) is 3.84. The minimum Gasteiger partial charge on any atom is -0.461 e. The van der Waals surface area contributed by atoms with Crippen LogP contribution in [0.4, 0.5) is 10.1 Å². The zero-order chi connectivity index (χ0) is 18.8. The first-order chi connectivity index (χ1) is 12.4. The van der Waals surface area contributed by atoms with Crippen molar-refractivity contribution in [2.75, 3.05) is 6.61 Å². The molecule has 0 saturated heterocycles. The highest BCUT2D eigenvalue weighted by molar-refractivity contribution is 5.98. The summed E-state index contributed by atoms with van der Waals surface area (Å²) in [7, 11) is 1.53. The Balaban J connectivity index is 2.10. The number of aromatic nitrogens is 1. The monoisotopic (exact) mass is 358 g/mol. The van der Waals surface area contributed by atoms with E-state index in [-0.39, 0.29) is 34.9 Å². The Morgan fingerprint density at radius 3 is 2.69 bits per heavy atom. The second kappa shape index (κ2) is 6.83. The number of para-hydroxylation sites is 1. The van der Waals surface area contributed by atoms with Crippen LogP contribution in [-0.2, 0) is 11.8 Å². The molecule has 0 unspecified atom stereocenters. The fraction of sp³-hybridized carbons (Fsp3) is 0.167. The lowest BCUT2D eigenvalue weighted by Crippen LogP contribution is -2.11. The Kier molecular flexibility index (Phi) is 4.57. The molecule has 0 spiro atoms. The number of nitro groups is 1. The number of halogens is 1.